The van der Waals surface area contributed by atoms with Gasteiger partial charge in [-0.15, -0.1) is 0 Å². The van der Waals surface area contributed by atoms with Gasteiger partial charge in [0, 0.05) is 47.0 Å². The Labute approximate surface area is 376 Å². The fourth-order valence-electron chi connectivity index (χ4n) is 8.51. The predicted octanol–water partition coefficient (Wildman–Crippen LogP) is 3.08. The fraction of sp³-hybridized carbons (Fsp3) is 0.490. The zero-order valence-electron chi connectivity index (χ0n) is 38.2. The lowest BCUT2D eigenvalue weighted by Gasteiger charge is -2.36. The molecular weight excluding hydrogens is 815 g/mol. The van der Waals surface area contributed by atoms with Crippen LogP contribution >= 0.6 is 0 Å². The molecule has 2 aliphatic heterocycles. The summed E-state index contributed by atoms with van der Waals surface area (Å²) in [5, 5.41) is 18.7. The van der Waals surface area contributed by atoms with Crippen molar-refractivity contribution in [1.82, 2.24) is 35.6 Å². The van der Waals surface area contributed by atoms with Gasteiger partial charge in [-0.25, -0.2) is 0 Å². The summed E-state index contributed by atoms with van der Waals surface area (Å²) >= 11 is 0. The molecular formula is C49H65N7O8. The van der Waals surface area contributed by atoms with Crippen LogP contribution in [0.2, 0.25) is 0 Å². The summed E-state index contributed by atoms with van der Waals surface area (Å²) in [5.74, 6) is -4.36. The van der Waals surface area contributed by atoms with E-state index < -0.39 is 90.1 Å². The number of nitrogens with zero attached hydrogens (tertiary/aromatic N) is 4. The molecule has 2 saturated heterocycles. The first kappa shape index (κ1) is 48.8. The Morgan fingerprint density at radius 1 is 0.625 bits per heavy atom. The van der Waals surface area contributed by atoms with Gasteiger partial charge in [0.2, 0.25) is 41.4 Å². The third kappa shape index (κ3) is 12.5. The minimum atomic E-state index is -1.21. The van der Waals surface area contributed by atoms with Crippen molar-refractivity contribution >= 4 is 41.4 Å². The number of hydrogen-bond acceptors (Lipinski definition) is 8. The smallest absolute Gasteiger partial charge is 0.246 e. The van der Waals surface area contributed by atoms with Crippen molar-refractivity contribution in [2.24, 2.45) is 11.8 Å². The van der Waals surface area contributed by atoms with Crippen LogP contribution in [0.3, 0.4) is 0 Å². The zero-order chi connectivity index (χ0) is 46.7. The molecule has 344 valence electrons. The molecule has 0 aromatic heterocycles. The Bertz CT molecular complexity index is 2100. The van der Waals surface area contributed by atoms with Crippen molar-refractivity contribution in [3.05, 3.63) is 102 Å². The van der Waals surface area contributed by atoms with Crippen molar-refractivity contribution in [2.45, 2.75) is 109 Å². The number of carbonyl (C=O) groups is 7. The molecule has 0 bridgehead atoms. The molecule has 3 aromatic rings. The van der Waals surface area contributed by atoms with Crippen LogP contribution in [0.5, 0.6) is 5.75 Å². The van der Waals surface area contributed by atoms with E-state index in [9.17, 15) is 38.7 Å². The first-order valence-corrected chi connectivity index (χ1v) is 22.3. The van der Waals surface area contributed by atoms with Gasteiger partial charge in [-0.1, -0.05) is 107 Å². The Morgan fingerprint density at radius 3 is 1.77 bits per heavy atom. The Balaban J connectivity index is 1.61. The molecule has 0 radical (unpaired) electrons. The van der Waals surface area contributed by atoms with E-state index in [2.05, 4.69) is 16.0 Å². The van der Waals surface area contributed by atoms with E-state index in [-0.39, 0.29) is 43.9 Å². The Kier molecular flexibility index (Phi) is 17.1. The molecule has 5 rings (SSSR count). The predicted molar refractivity (Wildman–Crippen MR) is 242 cm³/mol. The fourth-order valence-corrected chi connectivity index (χ4v) is 8.51. The first-order chi connectivity index (χ1) is 30.5. The molecule has 2 aliphatic rings. The van der Waals surface area contributed by atoms with E-state index >= 15 is 0 Å². The van der Waals surface area contributed by atoms with Crippen molar-refractivity contribution in [1.29, 1.82) is 0 Å². The van der Waals surface area contributed by atoms with Crippen molar-refractivity contribution in [2.75, 3.05) is 34.2 Å². The highest BCUT2D eigenvalue weighted by atomic mass is 16.3. The van der Waals surface area contributed by atoms with Gasteiger partial charge >= 0.3 is 0 Å². The van der Waals surface area contributed by atoms with Crippen LogP contribution in [0.1, 0.15) is 70.1 Å². The lowest BCUT2D eigenvalue weighted by molar-refractivity contribution is -0.150. The highest BCUT2D eigenvalue weighted by molar-refractivity contribution is 5.98. The quantitative estimate of drug-likeness (QED) is 0.239. The molecule has 3 aromatic carbocycles. The number of rotatable bonds is 10. The molecule has 7 atom stereocenters. The third-order valence-corrected chi connectivity index (χ3v) is 12.5. The molecule has 2 fully saturated rings. The van der Waals surface area contributed by atoms with E-state index in [0.717, 1.165) is 11.1 Å². The summed E-state index contributed by atoms with van der Waals surface area (Å²) < 4.78 is 0. The number of phenolic OH excluding ortho intramolecular Hbond substituents is 1. The second-order valence-electron chi connectivity index (χ2n) is 17.7. The summed E-state index contributed by atoms with van der Waals surface area (Å²) in [6, 6.07) is 18.0. The number of benzene rings is 3. The molecule has 1 unspecified atom stereocenters. The van der Waals surface area contributed by atoms with Gasteiger partial charge < -0.3 is 40.7 Å². The minimum Gasteiger partial charge on any atom is -0.508 e. The third-order valence-electron chi connectivity index (χ3n) is 12.5. The number of phenols is 1. The van der Waals surface area contributed by atoms with Crippen LogP contribution < -0.4 is 16.0 Å². The molecule has 64 heavy (non-hydrogen) atoms. The summed E-state index contributed by atoms with van der Waals surface area (Å²) in [6.45, 7) is 7.36. The average molecular weight is 880 g/mol. The van der Waals surface area contributed by atoms with E-state index in [1.165, 1.54) is 52.9 Å². The maximum Gasteiger partial charge on any atom is 0.246 e. The summed E-state index contributed by atoms with van der Waals surface area (Å²) in [5.41, 5.74) is 2.14. The maximum atomic E-state index is 14.8. The van der Waals surface area contributed by atoms with Crippen LogP contribution in [0.25, 0.3) is 0 Å². The normalized spacial score (nSPS) is 24.2. The largest absolute Gasteiger partial charge is 0.508 e. The highest BCUT2D eigenvalue weighted by Gasteiger charge is 2.43. The van der Waals surface area contributed by atoms with Crippen LogP contribution in [0.4, 0.5) is 0 Å². The zero-order valence-corrected chi connectivity index (χ0v) is 38.2. The monoisotopic (exact) mass is 879 g/mol. The number of hydrogen-bond donors (Lipinski definition) is 4. The van der Waals surface area contributed by atoms with E-state index in [1.54, 1.807) is 12.1 Å². The molecule has 0 saturated carbocycles. The minimum absolute atomic E-state index is 0.0135. The average Bonchev–Trinajstić information content (AvgIpc) is 3.78. The van der Waals surface area contributed by atoms with Crippen LogP contribution in [-0.4, -0.2) is 137 Å². The standard InChI is InChI=1S/C49H65N7O8/c1-8-32(4)43-45(60)51-37(26-31(2)3)46(61)55(7)41(29-34-18-13-10-14-19-34)49(64)56-25-15-20-39(56)48(63)53(5)30-42(58)50-38(27-33-16-11-9-12-17-33)47(62)54(6)40(44(59)52-43)28-35-21-23-36(57)24-22-35/h9-14,16-19,21-24,31-32,37-41,43,57H,8,15,20,25-30H2,1-7H3,(H,50,58)(H,51,60)(H,52,59)/t32-,37-,38-,39?,40-,41+,43-/m0/s1. The number of amides is 7. The number of aromatic hydroxyl groups is 1. The summed E-state index contributed by atoms with van der Waals surface area (Å²) in [4.78, 5) is 107. The maximum absolute atomic E-state index is 14.8. The topological polar surface area (TPSA) is 189 Å². The molecule has 7 amide bonds. The van der Waals surface area contributed by atoms with Gasteiger partial charge in [0.25, 0.3) is 0 Å². The second-order valence-corrected chi connectivity index (χ2v) is 17.7. The number of carbonyl (C=O) groups excluding carboxylic acids is 7. The molecule has 2 heterocycles. The lowest BCUT2D eigenvalue weighted by atomic mass is 9.95. The number of nitrogens with one attached hydrogen (secondary N) is 3. The van der Waals surface area contributed by atoms with Gasteiger partial charge in [0.05, 0.1) is 6.54 Å². The van der Waals surface area contributed by atoms with Gasteiger partial charge in [0.1, 0.15) is 42.0 Å². The van der Waals surface area contributed by atoms with Gasteiger partial charge in [-0.05, 0) is 59.9 Å². The van der Waals surface area contributed by atoms with Crippen molar-refractivity contribution in [3.63, 3.8) is 0 Å². The lowest BCUT2D eigenvalue weighted by Crippen LogP contribution is -2.61. The molecule has 0 aliphatic carbocycles. The number of fused-ring (bicyclic) bond motifs is 1. The molecule has 4 N–H and O–H groups in total. The molecule has 0 spiro atoms. The van der Waals surface area contributed by atoms with Gasteiger partial charge in [0.15, 0.2) is 0 Å². The van der Waals surface area contributed by atoms with E-state index in [1.807, 2.05) is 88.4 Å². The van der Waals surface area contributed by atoms with Crippen molar-refractivity contribution < 1.29 is 38.7 Å². The molecule has 15 nitrogen and oxygen atoms in total. The SMILES string of the molecule is CC[C@H](C)[C@@H]1NC(=O)[C@H](Cc2ccc(O)cc2)N(C)C(=O)[C@H](Cc2ccccc2)NC(=O)CN(C)C(=O)C2CCCN2C(=O)[C@@H](Cc2ccccc2)N(C)C(=O)[C@H](CC(C)C)NC1=O. The summed E-state index contributed by atoms with van der Waals surface area (Å²) in [7, 11) is 4.47. The Morgan fingerprint density at radius 2 is 1.17 bits per heavy atom. The Hall–Kier alpha value is -6.25. The first-order valence-electron chi connectivity index (χ1n) is 22.3. The second kappa shape index (κ2) is 22.4. The van der Waals surface area contributed by atoms with E-state index in [4.69, 9.17) is 0 Å². The van der Waals surface area contributed by atoms with Gasteiger partial charge in [-0.3, -0.25) is 33.6 Å². The van der Waals surface area contributed by atoms with E-state index in [0.29, 0.717) is 24.8 Å². The van der Waals surface area contributed by atoms with Crippen molar-refractivity contribution in [3.8, 4) is 5.75 Å². The van der Waals surface area contributed by atoms with Gasteiger partial charge in [-0.2, -0.15) is 0 Å². The van der Waals surface area contributed by atoms with Crippen LogP contribution in [0, 0.1) is 11.8 Å². The summed E-state index contributed by atoms with van der Waals surface area (Å²) in [6.07, 6.45) is 1.75. The van der Waals surface area contributed by atoms with Crippen LogP contribution in [-0.2, 0) is 52.8 Å². The van der Waals surface area contributed by atoms with Crippen LogP contribution in [0.15, 0.2) is 84.9 Å². The highest BCUT2D eigenvalue weighted by Crippen LogP contribution is 2.24. The molecule has 15 heteroatoms. The number of likely N-dealkylation sites (N-methyl/N-ethyl adjacent to an activating group) is 3.